The van der Waals surface area contributed by atoms with Crippen molar-refractivity contribution >= 4 is 60.7 Å². The zero-order valence-electron chi connectivity index (χ0n) is 25.6. The molecule has 0 N–H and O–H groups in total. The molecule has 0 heterocycles. The predicted octanol–water partition coefficient (Wildman–Crippen LogP) is 11.7. The summed E-state index contributed by atoms with van der Waals surface area (Å²) in [4.78, 5) is 0. The molecular formula is C41H36SiZr-4. The van der Waals surface area contributed by atoms with Crippen LogP contribution in [0.25, 0.3) is 65.0 Å². The van der Waals surface area contributed by atoms with Crippen molar-refractivity contribution < 1.29 is 23.3 Å². The van der Waals surface area contributed by atoms with Crippen LogP contribution in [0.4, 0.5) is 0 Å². The Morgan fingerprint density at radius 3 is 1.74 bits per heavy atom. The Morgan fingerprint density at radius 2 is 1.09 bits per heavy atom. The van der Waals surface area contributed by atoms with Gasteiger partial charge in [0, 0.05) is 0 Å². The summed E-state index contributed by atoms with van der Waals surface area (Å²) in [5.41, 5.74) is 6.66. The normalized spacial score (nSPS) is 10.5. The molecule has 0 amide bonds. The van der Waals surface area contributed by atoms with Crippen LogP contribution in [-0.4, -0.2) is 6.88 Å². The van der Waals surface area contributed by atoms with E-state index in [1.165, 1.54) is 105 Å². The minimum absolute atomic E-state index is 0. The van der Waals surface area contributed by atoms with E-state index in [1.54, 1.807) is 0 Å². The average molecular weight is 648 g/mol. The number of rotatable bonds is 1. The van der Waals surface area contributed by atoms with Crippen molar-refractivity contribution in [1.29, 1.82) is 0 Å². The van der Waals surface area contributed by atoms with E-state index in [-0.39, 0.29) is 14.9 Å². The van der Waals surface area contributed by atoms with E-state index in [0.29, 0.717) is 0 Å². The summed E-state index contributed by atoms with van der Waals surface area (Å²) in [5.74, 6) is 0. The van der Waals surface area contributed by atoms with Gasteiger partial charge >= 0.3 is 30.2 Å². The standard InChI is InChI=1S/C24H17.C15H13.2CH3.Si.Zr/c1-16-13-14-17-8-6-12-22(24(16)17)23-15-18-7-2-3-9-19(18)20-10-4-5-11-21(20)23;1-10-3-5-14-12(7-10)9-13-8-11(2)4-6-15(13)14;;;;/h2-15H,1H3;3-9H,1-2H3;2*1H3;;/q4*-1;;. The Balaban J connectivity index is 0.000000194. The van der Waals surface area contributed by atoms with Gasteiger partial charge in [0.15, 0.2) is 0 Å². The Bertz CT molecular complexity index is 2120. The van der Waals surface area contributed by atoms with Gasteiger partial charge in [0.25, 0.3) is 0 Å². The number of fused-ring (bicyclic) bond motifs is 7. The van der Waals surface area contributed by atoms with Gasteiger partial charge in [-0.1, -0.05) is 102 Å². The number of hydrogen-bond donors (Lipinski definition) is 0. The summed E-state index contributed by atoms with van der Waals surface area (Å²) in [5, 5.41) is 13.4. The van der Waals surface area contributed by atoms with Crippen LogP contribution in [-0.2, 0) is 23.3 Å². The van der Waals surface area contributed by atoms with E-state index < -0.39 is 0 Å². The second-order valence-electron chi connectivity index (χ2n) is 10.8. The fourth-order valence-electron chi connectivity index (χ4n) is 6.21. The van der Waals surface area contributed by atoms with Crippen LogP contribution in [0.1, 0.15) is 16.7 Å². The molecule has 43 heavy (non-hydrogen) atoms. The van der Waals surface area contributed by atoms with Crippen molar-refractivity contribution in [1.82, 2.24) is 0 Å². The molecule has 0 spiro atoms. The molecule has 0 aliphatic heterocycles. The third-order valence-corrected chi connectivity index (χ3v) is 8.08. The van der Waals surface area contributed by atoms with Crippen LogP contribution < -0.4 is 0 Å². The maximum atomic E-state index is 3.06. The first-order chi connectivity index (χ1) is 20.1. The van der Waals surface area contributed by atoms with Crippen molar-refractivity contribution in [3.8, 4) is 11.1 Å². The molecule has 0 unspecified atom stereocenters. The summed E-state index contributed by atoms with van der Waals surface area (Å²) in [6, 6.07) is 46.4. The van der Waals surface area contributed by atoms with Gasteiger partial charge < -0.3 is 14.9 Å². The van der Waals surface area contributed by atoms with Crippen LogP contribution in [0, 0.1) is 35.6 Å². The summed E-state index contributed by atoms with van der Waals surface area (Å²) in [6.07, 6.45) is 0. The van der Waals surface area contributed by atoms with E-state index in [2.05, 4.69) is 155 Å². The van der Waals surface area contributed by atoms with Crippen molar-refractivity contribution in [2.75, 3.05) is 0 Å². The van der Waals surface area contributed by atoms with E-state index in [9.17, 15) is 0 Å². The van der Waals surface area contributed by atoms with Gasteiger partial charge in [-0.25, -0.2) is 0 Å². The monoisotopic (exact) mass is 646 g/mol. The molecule has 0 fully saturated rings. The first-order valence-corrected chi connectivity index (χ1v) is 18.1. The predicted molar refractivity (Wildman–Crippen MR) is 190 cm³/mol. The van der Waals surface area contributed by atoms with Gasteiger partial charge in [0.2, 0.25) is 0 Å². The molecule has 0 aliphatic carbocycles. The first kappa shape index (κ1) is 32.3. The zero-order chi connectivity index (χ0) is 28.5. The van der Waals surface area contributed by atoms with Gasteiger partial charge in [0.1, 0.15) is 0 Å². The molecule has 2 radical (unpaired) electrons. The molecule has 0 atom stereocenters. The number of aryl methyl sites for hydroxylation is 3. The fraction of sp³-hybridized carbons (Fsp3) is 0.0732. The van der Waals surface area contributed by atoms with E-state index in [1.807, 2.05) is 0 Å². The Morgan fingerprint density at radius 1 is 0.512 bits per heavy atom. The van der Waals surface area contributed by atoms with Crippen LogP contribution in [0.2, 0.25) is 0 Å². The molecule has 212 valence electrons. The van der Waals surface area contributed by atoms with Crippen LogP contribution in [0.15, 0.2) is 127 Å². The summed E-state index contributed by atoms with van der Waals surface area (Å²) in [7, 11) is 0. The third-order valence-electron chi connectivity index (χ3n) is 8.08. The molecule has 8 aromatic carbocycles. The summed E-state index contributed by atoms with van der Waals surface area (Å²) >= 11 is 1.36. The molecule has 8 rings (SSSR count). The quantitative estimate of drug-likeness (QED) is 0.0945. The Hall–Kier alpha value is -3.58. The van der Waals surface area contributed by atoms with Crippen LogP contribution in [0.3, 0.4) is 0 Å². The van der Waals surface area contributed by atoms with Crippen molar-refractivity contribution in [3.05, 3.63) is 159 Å². The summed E-state index contributed by atoms with van der Waals surface area (Å²) in [6.45, 7) is 9.55. The maximum absolute atomic E-state index is 3.06. The third kappa shape index (κ3) is 6.10. The SMILES string of the molecule is Cc1c[cH-]c2cccc(-c3cc4ccccc4c4ccccc34)c12.Cc1ccc2c(c1)[cH-]c1cc(C)ccc12.[CH3-].[CH3-].[Si]=[Zr]. The number of hydrogen-bond acceptors (Lipinski definition) is 0. The zero-order valence-corrected chi connectivity index (χ0v) is 29.1. The van der Waals surface area contributed by atoms with Crippen LogP contribution >= 0.6 is 0 Å². The second-order valence-corrected chi connectivity index (χ2v) is 10.8. The molecule has 0 aliphatic rings. The van der Waals surface area contributed by atoms with Crippen molar-refractivity contribution in [2.45, 2.75) is 20.8 Å². The van der Waals surface area contributed by atoms with Crippen molar-refractivity contribution in [3.63, 3.8) is 0 Å². The molecule has 0 bridgehead atoms. The van der Waals surface area contributed by atoms with Gasteiger partial charge in [-0.05, 0) is 47.0 Å². The Kier molecular flexibility index (Phi) is 10.4. The average Bonchev–Trinajstić information content (AvgIpc) is 3.57. The van der Waals surface area contributed by atoms with Gasteiger partial charge in [0.05, 0.1) is 0 Å². The summed E-state index contributed by atoms with van der Waals surface area (Å²) < 4.78 is 0. The van der Waals surface area contributed by atoms with Gasteiger partial charge in [-0.3, -0.25) is 0 Å². The van der Waals surface area contributed by atoms with Gasteiger partial charge in [-0.15, -0.1) is 68.7 Å². The molecule has 8 aromatic rings. The Labute approximate surface area is 273 Å². The second kappa shape index (κ2) is 13.8. The molecule has 0 nitrogen and oxygen atoms in total. The molecule has 0 aromatic heterocycles. The minimum atomic E-state index is 0. The van der Waals surface area contributed by atoms with E-state index in [0.717, 1.165) is 0 Å². The molecular weight excluding hydrogens is 612 g/mol. The van der Waals surface area contributed by atoms with E-state index in [4.69, 9.17) is 0 Å². The number of benzene rings is 6. The topological polar surface area (TPSA) is 0 Å². The fourth-order valence-corrected chi connectivity index (χ4v) is 6.21. The molecule has 0 saturated carbocycles. The van der Waals surface area contributed by atoms with Crippen LogP contribution in [0.5, 0.6) is 0 Å². The molecule has 2 heteroatoms. The van der Waals surface area contributed by atoms with Crippen molar-refractivity contribution in [2.24, 2.45) is 0 Å². The molecule has 0 saturated heterocycles. The van der Waals surface area contributed by atoms with Gasteiger partial charge in [-0.2, -0.15) is 11.6 Å². The first-order valence-electron chi connectivity index (χ1n) is 13.9. The van der Waals surface area contributed by atoms with E-state index >= 15 is 0 Å².